The van der Waals surface area contributed by atoms with Crippen molar-refractivity contribution in [2.24, 2.45) is 0 Å². The highest BCUT2D eigenvalue weighted by molar-refractivity contribution is 5.10. The highest BCUT2D eigenvalue weighted by Crippen LogP contribution is 2.23. The van der Waals surface area contributed by atoms with Gasteiger partial charge in [0.1, 0.15) is 0 Å². The summed E-state index contributed by atoms with van der Waals surface area (Å²) in [7, 11) is 0. The Kier molecular flexibility index (Phi) is 6.72. The Hall–Kier alpha value is -0.540. The van der Waals surface area contributed by atoms with E-state index in [9.17, 15) is 0 Å². The molecule has 2 atom stereocenters. The zero-order valence-electron chi connectivity index (χ0n) is 12.3. The van der Waals surface area contributed by atoms with Crippen LogP contribution in [-0.2, 0) is 9.47 Å². The van der Waals surface area contributed by atoms with Crippen LogP contribution in [0.5, 0.6) is 0 Å². The second kappa shape index (κ2) is 8.60. The summed E-state index contributed by atoms with van der Waals surface area (Å²) in [6.45, 7) is 5.16. The zero-order valence-corrected chi connectivity index (χ0v) is 12.3. The fourth-order valence-corrected chi connectivity index (χ4v) is 2.97. The lowest BCUT2D eigenvalue weighted by Gasteiger charge is -2.28. The quantitative estimate of drug-likeness (QED) is 0.767. The van der Waals surface area contributed by atoms with E-state index in [0.29, 0.717) is 12.1 Å². The van der Waals surface area contributed by atoms with Gasteiger partial charge in [0.25, 0.3) is 0 Å². The van der Waals surface area contributed by atoms with Gasteiger partial charge in [-0.05, 0) is 63.5 Å². The molecule has 2 aliphatic rings. The van der Waals surface area contributed by atoms with Gasteiger partial charge in [0.05, 0.1) is 19.0 Å². The highest BCUT2D eigenvalue weighted by atomic mass is 16.5. The Morgan fingerprint density at radius 1 is 1.32 bits per heavy atom. The van der Waals surface area contributed by atoms with E-state index in [4.69, 9.17) is 9.47 Å². The van der Waals surface area contributed by atoms with Crippen LogP contribution < -0.4 is 5.32 Å². The topological polar surface area (TPSA) is 30.5 Å². The molecule has 1 fully saturated rings. The molecule has 0 saturated carbocycles. The van der Waals surface area contributed by atoms with Crippen LogP contribution in [0.4, 0.5) is 0 Å². The third-order valence-electron chi connectivity index (χ3n) is 4.10. The largest absolute Gasteiger partial charge is 0.501 e. The molecule has 19 heavy (non-hydrogen) atoms. The second-order valence-electron chi connectivity index (χ2n) is 5.74. The fraction of sp³-hybridized carbons (Fsp3) is 0.875. The van der Waals surface area contributed by atoms with E-state index in [2.05, 4.69) is 12.2 Å². The lowest BCUT2D eigenvalue weighted by atomic mass is 9.94. The van der Waals surface area contributed by atoms with Crippen molar-refractivity contribution in [1.29, 1.82) is 0 Å². The lowest BCUT2D eigenvalue weighted by Crippen LogP contribution is -2.34. The summed E-state index contributed by atoms with van der Waals surface area (Å²) in [4.78, 5) is 0. The summed E-state index contributed by atoms with van der Waals surface area (Å²) in [6.07, 6.45) is 12.2. The molecule has 2 aliphatic heterocycles. The van der Waals surface area contributed by atoms with E-state index in [1.165, 1.54) is 50.5 Å². The molecule has 2 rings (SSSR count). The van der Waals surface area contributed by atoms with E-state index < -0.39 is 0 Å². The van der Waals surface area contributed by atoms with Crippen LogP contribution in [0, 0.1) is 0 Å². The smallest absolute Gasteiger partial charge is 0.0876 e. The summed E-state index contributed by atoms with van der Waals surface area (Å²) in [5.74, 6) is 0. The number of hydrogen-bond donors (Lipinski definition) is 1. The maximum atomic E-state index is 5.84. The first-order valence-electron chi connectivity index (χ1n) is 8.05. The second-order valence-corrected chi connectivity index (χ2v) is 5.74. The van der Waals surface area contributed by atoms with Crippen molar-refractivity contribution in [3.8, 4) is 0 Å². The minimum Gasteiger partial charge on any atom is -0.501 e. The molecule has 0 bridgehead atoms. The molecule has 110 valence electrons. The predicted molar refractivity (Wildman–Crippen MR) is 78.2 cm³/mol. The summed E-state index contributed by atoms with van der Waals surface area (Å²) < 4.78 is 11.3. The Labute approximate surface area is 117 Å². The van der Waals surface area contributed by atoms with Gasteiger partial charge < -0.3 is 14.8 Å². The lowest BCUT2D eigenvalue weighted by molar-refractivity contribution is 0.00896. The molecule has 0 radical (unpaired) electrons. The molecule has 1 N–H and O–H groups in total. The van der Waals surface area contributed by atoms with Crippen molar-refractivity contribution in [1.82, 2.24) is 5.32 Å². The minimum atomic E-state index is 0.491. The summed E-state index contributed by atoms with van der Waals surface area (Å²) in [5, 5.41) is 3.67. The number of hydrogen-bond acceptors (Lipinski definition) is 3. The minimum absolute atomic E-state index is 0.491. The van der Waals surface area contributed by atoms with Gasteiger partial charge in [-0.25, -0.2) is 0 Å². The Bertz CT molecular complexity index is 272. The molecule has 0 aromatic heterocycles. The molecule has 0 aliphatic carbocycles. The van der Waals surface area contributed by atoms with E-state index in [1.54, 1.807) is 0 Å². The van der Waals surface area contributed by atoms with E-state index >= 15 is 0 Å². The Morgan fingerprint density at radius 2 is 2.26 bits per heavy atom. The van der Waals surface area contributed by atoms with Crippen molar-refractivity contribution in [3.63, 3.8) is 0 Å². The SMILES string of the molecule is CCCNC(CCC1CCCCO1)C1=COCCC1. The van der Waals surface area contributed by atoms with Gasteiger partial charge in [-0.2, -0.15) is 0 Å². The molecule has 3 nitrogen and oxygen atoms in total. The van der Waals surface area contributed by atoms with Crippen LogP contribution >= 0.6 is 0 Å². The molecule has 0 aromatic rings. The molecule has 3 heteroatoms. The Morgan fingerprint density at radius 3 is 2.95 bits per heavy atom. The summed E-state index contributed by atoms with van der Waals surface area (Å²) in [5.41, 5.74) is 1.45. The van der Waals surface area contributed by atoms with Crippen molar-refractivity contribution in [2.75, 3.05) is 19.8 Å². The molecular formula is C16H29NO2. The van der Waals surface area contributed by atoms with Crippen LogP contribution in [0.25, 0.3) is 0 Å². The van der Waals surface area contributed by atoms with Gasteiger partial charge in [0.2, 0.25) is 0 Å². The van der Waals surface area contributed by atoms with Gasteiger partial charge in [0, 0.05) is 12.6 Å². The number of nitrogens with one attached hydrogen (secondary N) is 1. The van der Waals surface area contributed by atoms with Crippen LogP contribution in [0.3, 0.4) is 0 Å². The van der Waals surface area contributed by atoms with Crippen LogP contribution in [-0.4, -0.2) is 31.9 Å². The summed E-state index contributed by atoms with van der Waals surface area (Å²) >= 11 is 0. The third kappa shape index (κ3) is 5.15. The molecule has 0 spiro atoms. The normalized spacial score (nSPS) is 25.5. The number of ether oxygens (including phenoxy) is 2. The maximum absolute atomic E-state index is 5.84. The van der Waals surface area contributed by atoms with Gasteiger partial charge in [-0.15, -0.1) is 0 Å². The first-order valence-corrected chi connectivity index (χ1v) is 8.05. The van der Waals surface area contributed by atoms with Crippen molar-refractivity contribution in [3.05, 3.63) is 11.8 Å². The van der Waals surface area contributed by atoms with E-state index in [0.717, 1.165) is 26.2 Å². The monoisotopic (exact) mass is 267 g/mol. The van der Waals surface area contributed by atoms with Crippen molar-refractivity contribution in [2.45, 2.75) is 70.4 Å². The predicted octanol–water partition coefficient (Wildman–Crippen LogP) is 3.40. The molecule has 2 heterocycles. The fourth-order valence-electron chi connectivity index (χ4n) is 2.97. The first kappa shape index (κ1) is 14.9. The molecule has 2 unspecified atom stereocenters. The zero-order chi connectivity index (χ0) is 13.3. The van der Waals surface area contributed by atoms with Crippen LogP contribution in [0.15, 0.2) is 11.8 Å². The first-order chi connectivity index (χ1) is 9.40. The van der Waals surface area contributed by atoms with Crippen LogP contribution in [0.1, 0.15) is 58.3 Å². The third-order valence-corrected chi connectivity index (χ3v) is 4.10. The molecule has 1 saturated heterocycles. The van der Waals surface area contributed by atoms with E-state index in [-0.39, 0.29) is 0 Å². The highest BCUT2D eigenvalue weighted by Gasteiger charge is 2.20. The summed E-state index contributed by atoms with van der Waals surface area (Å²) in [6, 6.07) is 0.491. The molecule has 0 aromatic carbocycles. The van der Waals surface area contributed by atoms with Crippen LogP contribution in [0.2, 0.25) is 0 Å². The maximum Gasteiger partial charge on any atom is 0.0876 e. The Balaban J connectivity index is 1.80. The van der Waals surface area contributed by atoms with Gasteiger partial charge in [0.15, 0.2) is 0 Å². The average molecular weight is 267 g/mol. The standard InChI is InChI=1S/C16H29NO2/c1-2-10-17-16(14-6-5-11-18-13-14)9-8-15-7-3-4-12-19-15/h13,15-17H,2-12H2,1H3. The van der Waals surface area contributed by atoms with Crippen molar-refractivity contribution < 1.29 is 9.47 Å². The van der Waals surface area contributed by atoms with E-state index in [1.807, 2.05) is 6.26 Å². The van der Waals surface area contributed by atoms with Crippen molar-refractivity contribution >= 4 is 0 Å². The number of rotatable bonds is 7. The van der Waals surface area contributed by atoms with Gasteiger partial charge in [-0.1, -0.05) is 6.92 Å². The average Bonchev–Trinajstić information content (AvgIpc) is 2.49. The van der Waals surface area contributed by atoms with Gasteiger partial charge in [-0.3, -0.25) is 0 Å². The molecular weight excluding hydrogens is 238 g/mol. The van der Waals surface area contributed by atoms with Gasteiger partial charge >= 0.3 is 0 Å². The molecule has 0 amide bonds.